The van der Waals surface area contributed by atoms with Gasteiger partial charge in [0.1, 0.15) is 0 Å². The van der Waals surface area contributed by atoms with Gasteiger partial charge in [0, 0.05) is 70.8 Å². The molecule has 0 radical (unpaired) electrons. The summed E-state index contributed by atoms with van der Waals surface area (Å²) in [5, 5.41) is 7.71. The Morgan fingerprint density at radius 1 is 0.237 bits per heavy atom. The third-order valence-corrected chi connectivity index (χ3v) is 26.1. The molecule has 534 valence electrons. The lowest BCUT2D eigenvalue weighted by molar-refractivity contribution is 0.853. The summed E-state index contributed by atoms with van der Waals surface area (Å²) in [6, 6.07) is 143. The standard InChI is InChI=1S/C57H38.C54H36N2S/c1-3-11-36(12-4-1)38-19-23-40(24-20-38)56-48-18-10-9-17-47(48)52-32-42(27-29-49(52)56)43-28-30-50-53(33-43)54-35-51-45(31-44-15-7-8-16-46(44)51)34-55(54)57(50)41-25-21-39(22-26-41)37-13-5-2-6-14-37;1-3-11-35(12-4-1)37-19-25-41(26-20-37)55-49-17-9-7-15-43(49)45-31-39(23-29-50(45)55)40-24-30-51-46(32-40)47-34-54-48(44-16-8-10-18-53(44)57-54)33-52(47)56(51)42-27-21-38(22-28-42)36-13-5-2-6-14-36/h1-30,32-35,56-57H,31H2;1-13,15-34,36H,14H2. The predicted octanol–water partition coefficient (Wildman–Crippen LogP) is 29.8. The summed E-state index contributed by atoms with van der Waals surface area (Å²) in [7, 11) is 0. The zero-order valence-corrected chi connectivity index (χ0v) is 63.4. The zero-order chi connectivity index (χ0) is 74.9. The number of rotatable bonds is 10. The van der Waals surface area contributed by atoms with Crippen molar-refractivity contribution in [3.05, 3.63) is 457 Å². The molecule has 4 aliphatic carbocycles. The lowest BCUT2D eigenvalue weighted by Gasteiger charge is -2.17. The summed E-state index contributed by atoms with van der Waals surface area (Å²) in [5.41, 5.74) is 40.3. The number of hydrogen-bond donors (Lipinski definition) is 0. The van der Waals surface area contributed by atoms with Crippen LogP contribution in [0.2, 0.25) is 0 Å². The summed E-state index contributed by atoms with van der Waals surface area (Å²) >= 11 is 1.89. The first kappa shape index (κ1) is 65.9. The molecule has 0 aliphatic heterocycles. The smallest absolute Gasteiger partial charge is 0.0548 e. The number of allylic oxidation sites excluding steroid dienone is 4. The Hall–Kier alpha value is -14.0. The van der Waals surface area contributed by atoms with E-state index in [0.717, 1.165) is 18.5 Å². The zero-order valence-electron chi connectivity index (χ0n) is 62.6. The number of fused-ring (bicyclic) bond motifs is 18. The van der Waals surface area contributed by atoms with E-state index in [1.165, 1.54) is 209 Å². The van der Waals surface area contributed by atoms with Gasteiger partial charge >= 0.3 is 0 Å². The van der Waals surface area contributed by atoms with Crippen molar-refractivity contribution < 1.29 is 0 Å². The second kappa shape index (κ2) is 26.9. The number of benzene rings is 17. The highest BCUT2D eigenvalue weighted by molar-refractivity contribution is 7.25. The van der Waals surface area contributed by atoms with Crippen LogP contribution < -0.4 is 0 Å². The summed E-state index contributed by atoms with van der Waals surface area (Å²) < 4.78 is 7.53. The van der Waals surface area contributed by atoms with Crippen molar-refractivity contribution in [3.8, 4) is 100 Å². The van der Waals surface area contributed by atoms with E-state index in [2.05, 4.69) is 416 Å². The van der Waals surface area contributed by atoms with Crippen molar-refractivity contribution in [2.45, 2.75) is 30.6 Å². The normalized spacial score (nSPS) is 14.8. The number of aromatic nitrogens is 2. The lowest BCUT2D eigenvalue weighted by Crippen LogP contribution is -2.00. The number of nitrogens with zero attached hydrogens (tertiary/aromatic N) is 2. The lowest BCUT2D eigenvalue weighted by atomic mass is 9.86. The Balaban J connectivity index is 0.000000135. The molecular formula is C111H74N2S. The maximum atomic E-state index is 2.53. The van der Waals surface area contributed by atoms with Crippen molar-refractivity contribution in [1.82, 2.24) is 9.13 Å². The van der Waals surface area contributed by atoms with Crippen molar-refractivity contribution >= 4 is 75.1 Å². The summed E-state index contributed by atoms with van der Waals surface area (Å²) in [6.45, 7) is 0. The fraction of sp³-hybridized carbons (Fsp3) is 0.0450. The third kappa shape index (κ3) is 11.0. The number of thiophene rings is 1. The average Bonchev–Trinajstić information content (AvgIpc) is 1.58. The molecule has 3 unspecified atom stereocenters. The largest absolute Gasteiger partial charge is 0.309 e. The van der Waals surface area contributed by atoms with Crippen molar-refractivity contribution in [2.75, 3.05) is 0 Å². The van der Waals surface area contributed by atoms with Gasteiger partial charge in [-0.1, -0.05) is 315 Å². The molecule has 20 aromatic rings. The second-order valence-electron chi connectivity index (χ2n) is 31.2. The van der Waals surface area contributed by atoms with Crippen molar-refractivity contribution in [2.24, 2.45) is 0 Å². The molecule has 3 aromatic heterocycles. The summed E-state index contributed by atoms with van der Waals surface area (Å²) in [6.07, 6.45) is 10.9. The van der Waals surface area contributed by atoms with Gasteiger partial charge in [0.2, 0.25) is 0 Å². The average molecular weight is 1470 g/mol. The van der Waals surface area contributed by atoms with E-state index in [0.29, 0.717) is 5.92 Å². The molecule has 24 rings (SSSR count). The minimum Gasteiger partial charge on any atom is -0.309 e. The Bertz CT molecular complexity index is 7300. The van der Waals surface area contributed by atoms with Crippen LogP contribution in [0.4, 0.5) is 0 Å². The van der Waals surface area contributed by atoms with Gasteiger partial charge < -0.3 is 9.13 Å². The Labute approximate surface area is 667 Å². The highest BCUT2D eigenvalue weighted by Gasteiger charge is 2.35. The Kier molecular flexibility index (Phi) is 15.6. The first-order valence-corrected chi connectivity index (χ1v) is 40.8. The molecule has 0 N–H and O–H groups in total. The monoisotopic (exact) mass is 1470 g/mol. The number of hydrogen-bond acceptors (Lipinski definition) is 1. The second-order valence-corrected chi connectivity index (χ2v) is 32.3. The summed E-state index contributed by atoms with van der Waals surface area (Å²) in [4.78, 5) is 0. The Morgan fingerprint density at radius 2 is 0.684 bits per heavy atom. The quantitative estimate of drug-likeness (QED) is 0.129. The SMILES string of the molecule is C1=CCC(c2ccc(-n3c4ccc(-c5ccc6c(c5)c5ccccc5n6-c5ccc(-c6ccccc6)cc5)cc4c4cc5sc6ccccc6c5cc43)cc2)C=C1.c1ccc(-c2ccc(C3c4ccccc4-c4cc(-c5ccc6c(c5)-c5cc7c(cc5C6c5ccc(-c6ccccc6)cc5)Cc5ccccc5-7)ccc43)cc2)cc1. The van der Waals surface area contributed by atoms with E-state index in [-0.39, 0.29) is 11.8 Å². The van der Waals surface area contributed by atoms with E-state index in [9.17, 15) is 0 Å². The molecule has 17 aromatic carbocycles. The molecule has 3 heteroatoms. The van der Waals surface area contributed by atoms with Gasteiger partial charge in [-0.15, -0.1) is 11.3 Å². The molecule has 0 bridgehead atoms. The molecular weight excluding hydrogens is 1390 g/mol. The van der Waals surface area contributed by atoms with E-state index >= 15 is 0 Å². The van der Waals surface area contributed by atoms with Gasteiger partial charge in [-0.3, -0.25) is 0 Å². The van der Waals surface area contributed by atoms with Gasteiger partial charge in [0.15, 0.2) is 0 Å². The molecule has 3 heterocycles. The van der Waals surface area contributed by atoms with E-state index < -0.39 is 0 Å². The molecule has 2 nitrogen and oxygen atoms in total. The van der Waals surface area contributed by atoms with Crippen LogP contribution in [0.3, 0.4) is 0 Å². The van der Waals surface area contributed by atoms with Crippen LogP contribution in [0.15, 0.2) is 406 Å². The van der Waals surface area contributed by atoms with Crippen LogP contribution in [0.25, 0.3) is 164 Å². The van der Waals surface area contributed by atoms with Gasteiger partial charge in [0.25, 0.3) is 0 Å². The molecule has 0 spiro atoms. The molecule has 0 amide bonds. The molecule has 0 fully saturated rings. The van der Waals surface area contributed by atoms with Crippen molar-refractivity contribution in [1.29, 1.82) is 0 Å². The molecule has 0 saturated heterocycles. The van der Waals surface area contributed by atoms with Crippen LogP contribution >= 0.6 is 11.3 Å². The maximum Gasteiger partial charge on any atom is 0.0548 e. The van der Waals surface area contributed by atoms with E-state index in [1.54, 1.807) is 0 Å². The highest BCUT2D eigenvalue weighted by Crippen LogP contribution is 2.55. The number of para-hydroxylation sites is 1. The first-order chi connectivity index (χ1) is 56.5. The molecule has 114 heavy (non-hydrogen) atoms. The minimum atomic E-state index is 0.184. The Morgan fingerprint density at radius 3 is 1.32 bits per heavy atom. The van der Waals surface area contributed by atoms with Gasteiger partial charge in [-0.05, 0) is 243 Å². The van der Waals surface area contributed by atoms with E-state index in [1.807, 2.05) is 11.3 Å². The van der Waals surface area contributed by atoms with Gasteiger partial charge in [0.05, 0.1) is 22.1 Å². The van der Waals surface area contributed by atoms with Crippen molar-refractivity contribution in [3.63, 3.8) is 0 Å². The molecule has 3 atom stereocenters. The molecule has 0 saturated carbocycles. The van der Waals surface area contributed by atoms with Crippen LogP contribution in [-0.2, 0) is 6.42 Å². The molecule has 4 aliphatic rings. The fourth-order valence-corrected chi connectivity index (χ4v) is 20.5. The van der Waals surface area contributed by atoms with Gasteiger partial charge in [-0.2, -0.15) is 0 Å². The fourth-order valence-electron chi connectivity index (χ4n) is 19.4. The summed E-state index contributed by atoms with van der Waals surface area (Å²) in [5.74, 6) is 0.818. The maximum absolute atomic E-state index is 2.53. The van der Waals surface area contributed by atoms with Gasteiger partial charge in [-0.25, -0.2) is 0 Å². The van der Waals surface area contributed by atoms with Crippen LogP contribution in [0, 0.1) is 0 Å². The van der Waals surface area contributed by atoms with Crippen LogP contribution in [0.5, 0.6) is 0 Å². The first-order valence-electron chi connectivity index (χ1n) is 40.0. The topological polar surface area (TPSA) is 9.86 Å². The van der Waals surface area contributed by atoms with Crippen LogP contribution in [-0.4, -0.2) is 9.13 Å². The minimum absolute atomic E-state index is 0.184. The van der Waals surface area contributed by atoms with Crippen LogP contribution in [0.1, 0.15) is 74.2 Å². The predicted molar refractivity (Wildman–Crippen MR) is 481 cm³/mol. The third-order valence-electron chi connectivity index (χ3n) is 25.0. The highest BCUT2D eigenvalue weighted by atomic mass is 32.1. The van der Waals surface area contributed by atoms with E-state index in [4.69, 9.17) is 0 Å².